The number of piperidine rings is 1. The molecule has 5 heteroatoms. The number of nitrogens with zero attached hydrogens (tertiary/aromatic N) is 2. The van der Waals surface area contributed by atoms with Crippen LogP contribution in [0.3, 0.4) is 0 Å². The lowest BCUT2D eigenvalue weighted by Gasteiger charge is -2.40. The van der Waals surface area contributed by atoms with Gasteiger partial charge < -0.3 is 14.6 Å². The second-order valence-electron chi connectivity index (χ2n) is 7.32. The molecule has 1 N–H and O–H groups in total. The van der Waals surface area contributed by atoms with Gasteiger partial charge in [-0.05, 0) is 50.5 Å². The monoisotopic (exact) mass is 293 g/mol. The van der Waals surface area contributed by atoms with Crippen LogP contribution in [0.1, 0.15) is 76.6 Å². The first-order chi connectivity index (χ1) is 10.0. The first-order valence-electron chi connectivity index (χ1n) is 8.17. The summed E-state index contributed by atoms with van der Waals surface area (Å²) in [5, 5.41) is 7.71. The van der Waals surface area contributed by atoms with Gasteiger partial charge in [0, 0.05) is 7.11 Å². The smallest absolute Gasteiger partial charge is 0.243 e. The third-order valence-electron chi connectivity index (χ3n) is 5.26. The number of ether oxygens (including phenoxy) is 1. The van der Waals surface area contributed by atoms with Crippen molar-refractivity contribution in [3.8, 4) is 0 Å². The van der Waals surface area contributed by atoms with Crippen LogP contribution in [0.2, 0.25) is 0 Å². The minimum Gasteiger partial charge on any atom is -0.370 e. The summed E-state index contributed by atoms with van der Waals surface area (Å²) in [4.78, 5) is 4.68. The van der Waals surface area contributed by atoms with E-state index >= 15 is 0 Å². The highest BCUT2D eigenvalue weighted by molar-refractivity contribution is 5.06. The molecule has 2 fully saturated rings. The maximum atomic E-state index is 5.85. The Labute approximate surface area is 126 Å². The van der Waals surface area contributed by atoms with Crippen molar-refractivity contribution in [3.63, 3.8) is 0 Å². The van der Waals surface area contributed by atoms with E-state index in [1.807, 2.05) is 0 Å². The molecule has 0 aromatic carbocycles. The van der Waals surface area contributed by atoms with Gasteiger partial charge in [-0.3, -0.25) is 0 Å². The van der Waals surface area contributed by atoms with E-state index in [0.29, 0.717) is 5.41 Å². The van der Waals surface area contributed by atoms with Crippen LogP contribution in [0.25, 0.3) is 0 Å². The van der Waals surface area contributed by atoms with Crippen molar-refractivity contribution in [2.45, 2.75) is 70.4 Å². The Balaban J connectivity index is 1.77. The lowest BCUT2D eigenvalue weighted by Crippen LogP contribution is -2.37. The summed E-state index contributed by atoms with van der Waals surface area (Å²) in [5.74, 6) is 1.47. The molecule has 1 aromatic heterocycles. The molecule has 2 heterocycles. The van der Waals surface area contributed by atoms with Crippen molar-refractivity contribution in [2.75, 3.05) is 13.7 Å². The minimum atomic E-state index is -0.355. The van der Waals surface area contributed by atoms with Gasteiger partial charge in [0.1, 0.15) is 5.60 Å². The van der Waals surface area contributed by atoms with Crippen LogP contribution in [0.5, 0.6) is 0 Å². The molecule has 1 saturated carbocycles. The second-order valence-corrected chi connectivity index (χ2v) is 7.32. The van der Waals surface area contributed by atoms with E-state index in [2.05, 4.69) is 29.3 Å². The molecule has 2 aliphatic rings. The quantitative estimate of drug-likeness (QED) is 0.926. The molecule has 0 unspecified atom stereocenters. The summed E-state index contributed by atoms with van der Waals surface area (Å²) in [6, 6.07) is 0.217. The molecule has 21 heavy (non-hydrogen) atoms. The van der Waals surface area contributed by atoms with E-state index in [4.69, 9.17) is 9.26 Å². The number of aromatic nitrogens is 2. The van der Waals surface area contributed by atoms with Crippen LogP contribution in [0.15, 0.2) is 4.52 Å². The Bertz CT molecular complexity index is 468. The number of hydrogen-bond acceptors (Lipinski definition) is 5. The lowest BCUT2D eigenvalue weighted by molar-refractivity contribution is -0.0740. The van der Waals surface area contributed by atoms with Crippen molar-refractivity contribution in [1.29, 1.82) is 0 Å². The van der Waals surface area contributed by atoms with Gasteiger partial charge in [0.2, 0.25) is 11.7 Å². The Kier molecular flexibility index (Phi) is 4.06. The predicted octanol–water partition coefficient (Wildman–Crippen LogP) is 3.33. The highest BCUT2D eigenvalue weighted by Crippen LogP contribution is 2.46. The molecule has 0 radical (unpaired) electrons. The largest absolute Gasteiger partial charge is 0.370 e. The van der Waals surface area contributed by atoms with E-state index in [0.717, 1.165) is 50.4 Å². The van der Waals surface area contributed by atoms with Gasteiger partial charge >= 0.3 is 0 Å². The fourth-order valence-electron chi connectivity index (χ4n) is 3.47. The van der Waals surface area contributed by atoms with E-state index in [-0.39, 0.29) is 11.6 Å². The molecule has 5 nitrogen and oxygen atoms in total. The Hall–Kier alpha value is -0.940. The van der Waals surface area contributed by atoms with Crippen LogP contribution in [-0.4, -0.2) is 23.8 Å². The minimum absolute atomic E-state index is 0.217. The molecule has 0 bridgehead atoms. The highest BCUT2D eigenvalue weighted by atomic mass is 16.5. The predicted molar refractivity (Wildman–Crippen MR) is 79.8 cm³/mol. The van der Waals surface area contributed by atoms with Crippen LogP contribution >= 0.6 is 0 Å². The summed E-state index contributed by atoms with van der Waals surface area (Å²) in [6.07, 6.45) is 7.72. The average molecular weight is 293 g/mol. The van der Waals surface area contributed by atoms with Crippen LogP contribution in [-0.2, 0) is 10.3 Å². The zero-order chi connectivity index (χ0) is 14.9. The van der Waals surface area contributed by atoms with Crippen molar-refractivity contribution in [2.24, 2.45) is 5.41 Å². The molecular weight excluding hydrogens is 266 g/mol. The fourth-order valence-corrected chi connectivity index (χ4v) is 3.47. The van der Waals surface area contributed by atoms with E-state index < -0.39 is 0 Å². The van der Waals surface area contributed by atoms with E-state index in [9.17, 15) is 0 Å². The van der Waals surface area contributed by atoms with Crippen LogP contribution in [0.4, 0.5) is 0 Å². The molecule has 1 aliphatic carbocycles. The van der Waals surface area contributed by atoms with Gasteiger partial charge in [-0.2, -0.15) is 4.98 Å². The summed E-state index contributed by atoms with van der Waals surface area (Å²) >= 11 is 0. The molecule has 1 atom stereocenters. The number of methoxy groups -OCH3 is 1. The fraction of sp³-hybridized carbons (Fsp3) is 0.875. The number of rotatable bonds is 3. The first kappa shape index (κ1) is 15.0. The third-order valence-corrected chi connectivity index (χ3v) is 5.26. The highest BCUT2D eigenvalue weighted by Gasteiger charge is 2.43. The molecule has 0 spiro atoms. The van der Waals surface area contributed by atoms with Crippen molar-refractivity contribution in [1.82, 2.24) is 15.5 Å². The average Bonchev–Trinajstić information content (AvgIpc) is 2.99. The van der Waals surface area contributed by atoms with Crippen molar-refractivity contribution >= 4 is 0 Å². The molecular formula is C16H27N3O2. The molecule has 0 amide bonds. The van der Waals surface area contributed by atoms with Gasteiger partial charge in [0.05, 0.1) is 6.04 Å². The second kappa shape index (κ2) is 5.69. The molecule has 1 saturated heterocycles. The summed E-state index contributed by atoms with van der Waals surface area (Å²) in [7, 11) is 1.77. The number of hydrogen-bond donors (Lipinski definition) is 1. The van der Waals surface area contributed by atoms with Gasteiger partial charge in [0.25, 0.3) is 0 Å². The van der Waals surface area contributed by atoms with Crippen LogP contribution < -0.4 is 5.32 Å². The summed E-state index contributed by atoms with van der Waals surface area (Å²) in [6.45, 7) is 5.67. The third kappa shape index (κ3) is 2.99. The van der Waals surface area contributed by atoms with Crippen molar-refractivity contribution in [3.05, 3.63) is 11.7 Å². The van der Waals surface area contributed by atoms with Gasteiger partial charge in [0.15, 0.2) is 0 Å². The SMILES string of the molecule is COC1(c2noc([C@@H]3CCCCN3)n2)CCC(C)(C)CC1. The number of nitrogens with one attached hydrogen (secondary N) is 1. The van der Waals surface area contributed by atoms with Crippen LogP contribution in [0, 0.1) is 5.41 Å². The van der Waals surface area contributed by atoms with Gasteiger partial charge in [-0.25, -0.2) is 0 Å². The summed E-state index contributed by atoms with van der Waals surface area (Å²) < 4.78 is 11.4. The lowest BCUT2D eigenvalue weighted by atomic mass is 9.70. The standard InChI is InChI=1S/C16H27N3O2/c1-15(2)7-9-16(20-3,10-8-15)14-18-13(21-19-14)12-6-4-5-11-17-12/h12,17H,4-11H2,1-3H3/t12-/m0/s1. The molecule has 3 rings (SSSR count). The first-order valence-corrected chi connectivity index (χ1v) is 8.17. The Morgan fingerprint density at radius 2 is 1.95 bits per heavy atom. The molecule has 1 aromatic rings. The molecule has 1 aliphatic heterocycles. The van der Waals surface area contributed by atoms with Gasteiger partial charge in [-0.15, -0.1) is 0 Å². The normalized spacial score (nSPS) is 28.4. The van der Waals surface area contributed by atoms with E-state index in [1.165, 1.54) is 12.8 Å². The maximum absolute atomic E-state index is 5.85. The summed E-state index contributed by atoms with van der Waals surface area (Å²) in [5.41, 5.74) is 0.0332. The topological polar surface area (TPSA) is 60.2 Å². The zero-order valence-electron chi connectivity index (χ0n) is 13.4. The maximum Gasteiger partial charge on any atom is 0.243 e. The Morgan fingerprint density at radius 1 is 1.19 bits per heavy atom. The molecule has 118 valence electrons. The zero-order valence-corrected chi connectivity index (χ0v) is 13.4. The van der Waals surface area contributed by atoms with Gasteiger partial charge in [-0.1, -0.05) is 25.4 Å². The van der Waals surface area contributed by atoms with Crippen molar-refractivity contribution < 1.29 is 9.26 Å². The Morgan fingerprint density at radius 3 is 2.57 bits per heavy atom. The van der Waals surface area contributed by atoms with E-state index in [1.54, 1.807) is 7.11 Å².